The summed E-state index contributed by atoms with van der Waals surface area (Å²) >= 11 is 0. The van der Waals surface area contributed by atoms with Crippen LogP contribution in [0.3, 0.4) is 0 Å². The number of rotatable bonds is 3. The Morgan fingerprint density at radius 3 is 2.60 bits per heavy atom. The van der Waals surface area contributed by atoms with E-state index in [4.69, 9.17) is 5.11 Å². The number of carbonyl (C=O) groups is 1. The number of allylic oxidation sites excluding steroid dienone is 1. The summed E-state index contributed by atoms with van der Waals surface area (Å²) in [4.78, 5) is 10.6. The zero-order chi connectivity index (χ0) is 15.3. The zero-order valence-electron chi connectivity index (χ0n) is 9.92. The normalized spacial score (nSPS) is 20.8. The molecule has 1 heterocycles. The van der Waals surface area contributed by atoms with E-state index in [2.05, 4.69) is 11.7 Å². The van der Waals surface area contributed by atoms with Gasteiger partial charge in [0.2, 0.25) is 0 Å². The standard InChI is InChI=1S/C11H9F5N2O2/c1-2-5-3-6-8(11(14,15)16)17-18(4-7(19)20)9(6)10(5,12)13/h2,5H,1,3-4H2,(H,19,20)/t5-/m1/s1. The predicted molar refractivity (Wildman–Crippen MR) is 56.1 cm³/mol. The third kappa shape index (κ3) is 2.06. The number of fused-ring (bicyclic) bond motifs is 1. The predicted octanol–water partition coefficient (Wildman–Crippen LogP) is 2.44. The quantitative estimate of drug-likeness (QED) is 0.688. The summed E-state index contributed by atoms with van der Waals surface area (Å²) in [6.45, 7) is 2.12. The molecule has 0 aliphatic heterocycles. The first-order chi connectivity index (χ1) is 9.09. The van der Waals surface area contributed by atoms with Crippen molar-refractivity contribution >= 4 is 5.97 Å². The number of hydrogen-bond acceptors (Lipinski definition) is 2. The second-order valence-corrected chi connectivity index (χ2v) is 4.39. The Kier molecular flexibility index (Phi) is 3.10. The highest BCUT2D eigenvalue weighted by molar-refractivity contribution is 5.66. The van der Waals surface area contributed by atoms with Gasteiger partial charge in [-0.05, 0) is 6.42 Å². The molecule has 0 saturated heterocycles. The molecule has 0 radical (unpaired) electrons. The molecule has 0 fully saturated rings. The van der Waals surface area contributed by atoms with Gasteiger partial charge in [0.05, 0.1) is 5.92 Å². The minimum absolute atomic E-state index is 0.212. The molecule has 2 rings (SSSR count). The van der Waals surface area contributed by atoms with Crippen molar-refractivity contribution in [3.8, 4) is 0 Å². The molecule has 1 aromatic rings. The number of hydrogen-bond donors (Lipinski definition) is 1. The van der Waals surface area contributed by atoms with Gasteiger partial charge in [0.15, 0.2) is 5.69 Å². The van der Waals surface area contributed by atoms with Crippen molar-refractivity contribution in [1.82, 2.24) is 9.78 Å². The van der Waals surface area contributed by atoms with Crippen LogP contribution in [0.15, 0.2) is 12.7 Å². The van der Waals surface area contributed by atoms with E-state index in [1.165, 1.54) is 0 Å². The molecule has 0 unspecified atom stereocenters. The summed E-state index contributed by atoms with van der Waals surface area (Å²) in [7, 11) is 0. The molecular formula is C11H9F5N2O2. The second kappa shape index (κ2) is 4.29. The lowest BCUT2D eigenvalue weighted by atomic mass is 10.0. The Bertz CT molecular complexity index is 576. The summed E-state index contributed by atoms with van der Waals surface area (Å²) < 4.78 is 66.6. The van der Waals surface area contributed by atoms with Crippen LogP contribution in [-0.2, 0) is 29.9 Å². The van der Waals surface area contributed by atoms with Crippen molar-refractivity contribution in [2.75, 3.05) is 0 Å². The van der Waals surface area contributed by atoms with Crippen LogP contribution in [0.4, 0.5) is 22.0 Å². The Labute approximate surface area is 109 Å². The van der Waals surface area contributed by atoms with Gasteiger partial charge in [0.25, 0.3) is 5.92 Å². The lowest BCUT2D eigenvalue weighted by Gasteiger charge is -2.17. The van der Waals surface area contributed by atoms with Crippen molar-refractivity contribution < 1.29 is 31.9 Å². The van der Waals surface area contributed by atoms with Crippen LogP contribution < -0.4 is 0 Å². The number of carboxylic acids is 1. The summed E-state index contributed by atoms with van der Waals surface area (Å²) in [5, 5.41) is 11.6. The Morgan fingerprint density at radius 1 is 1.55 bits per heavy atom. The highest BCUT2D eigenvalue weighted by atomic mass is 19.4. The van der Waals surface area contributed by atoms with Crippen molar-refractivity contribution in [2.45, 2.75) is 25.1 Å². The maximum Gasteiger partial charge on any atom is 0.435 e. The largest absolute Gasteiger partial charge is 0.480 e. The molecule has 0 saturated carbocycles. The monoisotopic (exact) mass is 296 g/mol. The molecule has 0 aromatic carbocycles. The molecule has 4 nitrogen and oxygen atoms in total. The highest BCUT2D eigenvalue weighted by Gasteiger charge is 2.54. The number of carboxylic acid groups (broad SMARTS) is 1. The number of halogens is 5. The van der Waals surface area contributed by atoms with Gasteiger partial charge < -0.3 is 5.11 Å². The average Bonchev–Trinajstić information content (AvgIpc) is 2.74. The van der Waals surface area contributed by atoms with E-state index in [0.29, 0.717) is 0 Å². The maximum absolute atomic E-state index is 14.0. The van der Waals surface area contributed by atoms with Gasteiger partial charge in [-0.2, -0.15) is 27.1 Å². The van der Waals surface area contributed by atoms with Gasteiger partial charge in [0, 0.05) is 5.56 Å². The molecule has 1 N–H and O–H groups in total. The van der Waals surface area contributed by atoms with Crippen molar-refractivity contribution in [1.29, 1.82) is 0 Å². The second-order valence-electron chi connectivity index (χ2n) is 4.39. The van der Waals surface area contributed by atoms with E-state index in [1.54, 1.807) is 0 Å². The number of alkyl halides is 5. The van der Waals surface area contributed by atoms with E-state index in [9.17, 15) is 26.7 Å². The summed E-state index contributed by atoms with van der Waals surface area (Å²) in [5.74, 6) is -6.68. The molecule has 1 aromatic heterocycles. The van der Waals surface area contributed by atoms with Crippen molar-refractivity contribution in [3.63, 3.8) is 0 Å². The van der Waals surface area contributed by atoms with Crippen LogP contribution in [0.1, 0.15) is 17.0 Å². The van der Waals surface area contributed by atoms with Gasteiger partial charge in [-0.1, -0.05) is 6.08 Å². The minimum Gasteiger partial charge on any atom is -0.480 e. The van der Waals surface area contributed by atoms with E-state index < -0.39 is 53.9 Å². The minimum atomic E-state index is -4.92. The van der Waals surface area contributed by atoms with E-state index in [1.807, 2.05) is 0 Å². The fraction of sp³-hybridized carbons (Fsp3) is 0.455. The first kappa shape index (κ1) is 14.5. The molecule has 9 heteroatoms. The van der Waals surface area contributed by atoms with Crippen LogP contribution in [0.25, 0.3) is 0 Å². The number of nitrogens with zero attached hydrogens (tertiary/aromatic N) is 2. The molecule has 0 amide bonds. The Balaban J connectivity index is 2.65. The fourth-order valence-corrected chi connectivity index (χ4v) is 2.29. The van der Waals surface area contributed by atoms with Crippen LogP contribution in [0.2, 0.25) is 0 Å². The van der Waals surface area contributed by atoms with Gasteiger partial charge in [-0.15, -0.1) is 6.58 Å². The van der Waals surface area contributed by atoms with E-state index in [-0.39, 0.29) is 4.68 Å². The smallest absolute Gasteiger partial charge is 0.435 e. The molecule has 110 valence electrons. The van der Waals surface area contributed by atoms with Crippen LogP contribution in [0, 0.1) is 5.92 Å². The lowest BCUT2D eigenvalue weighted by molar-refractivity contribution is -0.143. The number of aromatic nitrogens is 2. The fourth-order valence-electron chi connectivity index (χ4n) is 2.29. The molecule has 20 heavy (non-hydrogen) atoms. The third-order valence-electron chi connectivity index (χ3n) is 3.09. The molecule has 0 spiro atoms. The van der Waals surface area contributed by atoms with Gasteiger partial charge >= 0.3 is 12.1 Å². The van der Waals surface area contributed by atoms with Crippen LogP contribution in [0.5, 0.6) is 0 Å². The first-order valence-corrected chi connectivity index (χ1v) is 5.48. The van der Waals surface area contributed by atoms with Crippen LogP contribution in [-0.4, -0.2) is 20.9 Å². The van der Waals surface area contributed by atoms with Crippen molar-refractivity contribution in [2.24, 2.45) is 5.92 Å². The van der Waals surface area contributed by atoms with E-state index >= 15 is 0 Å². The lowest BCUT2D eigenvalue weighted by Crippen LogP contribution is -2.25. The summed E-state index contributed by atoms with van der Waals surface area (Å²) in [6, 6.07) is 0. The van der Waals surface area contributed by atoms with Crippen LogP contribution >= 0.6 is 0 Å². The molecule has 0 bridgehead atoms. The molecule has 1 aliphatic rings. The summed E-state index contributed by atoms with van der Waals surface area (Å²) in [6.07, 6.45) is -4.62. The van der Waals surface area contributed by atoms with Gasteiger partial charge in [-0.3, -0.25) is 9.48 Å². The van der Waals surface area contributed by atoms with E-state index in [0.717, 1.165) is 6.08 Å². The third-order valence-corrected chi connectivity index (χ3v) is 3.09. The molecule has 1 aliphatic carbocycles. The molecule has 1 atom stereocenters. The van der Waals surface area contributed by atoms with Gasteiger partial charge in [-0.25, -0.2) is 0 Å². The Morgan fingerprint density at radius 2 is 2.15 bits per heavy atom. The first-order valence-electron chi connectivity index (χ1n) is 5.48. The highest BCUT2D eigenvalue weighted by Crippen LogP contribution is 2.50. The SMILES string of the molecule is C=C[C@@H]1Cc2c(C(F)(F)F)nn(CC(=O)O)c2C1(F)F. The maximum atomic E-state index is 14.0. The number of aliphatic carboxylic acids is 1. The topological polar surface area (TPSA) is 55.1 Å². The Hall–Kier alpha value is -1.93. The summed E-state index contributed by atoms with van der Waals surface area (Å²) in [5.41, 5.74) is -3.11. The average molecular weight is 296 g/mol. The molecular weight excluding hydrogens is 287 g/mol. The van der Waals surface area contributed by atoms with Crippen molar-refractivity contribution in [3.05, 3.63) is 29.6 Å². The van der Waals surface area contributed by atoms with Gasteiger partial charge in [0.1, 0.15) is 12.2 Å². The zero-order valence-corrected chi connectivity index (χ0v) is 9.92.